The second-order valence-corrected chi connectivity index (χ2v) is 7.61. The van der Waals surface area contributed by atoms with Crippen LogP contribution in [0.2, 0.25) is 0 Å². The number of ether oxygens (including phenoxy) is 1. The van der Waals surface area contributed by atoms with Crippen molar-refractivity contribution < 1.29 is 18.7 Å². The summed E-state index contributed by atoms with van der Waals surface area (Å²) in [7, 11) is 0. The molecule has 2 amide bonds. The van der Waals surface area contributed by atoms with Gasteiger partial charge in [0.15, 0.2) is 0 Å². The number of carbonyl (C=O) groups excluding carboxylic acids is 2. The van der Waals surface area contributed by atoms with Crippen LogP contribution in [0.3, 0.4) is 0 Å². The Kier molecular flexibility index (Phi) is 5.37. The Hall–Kier alpha value is -2.76. The molecule has 6 nitrogen and oxygen atoms in total. The van der Waals surface area contributed by atoms with Gasteiger partial charge in [-0.3, -0.25) is 9.59 Å². The molecule has 0 atom stereocenters. The summed E-state index contributed by atoms with van der Waals surface area (Å²) in [5, 5.41) is 2.89. The normalized spacial score (nSPS) is 16.1. The van der Waals surface area contributed by atoms with E-state index < -0.39 is 0 Å². The van der Waals surface area contributed by atoms with E-state index in [1.54, 1.807) is 0 Å². The molecule has 2 aromatic rings. The van der Waals surface area contributed by atoms with Crippen LogP contribution in [0.25, 0.3) is 0 Å². The number of hydrogen-bond donors (Lipinski definition) is 1. The minimum absolute atomic E-state index is 0.00853. The molecule has 0 saturated heterocycles. The minimum Gasteiger partial charge on any atom is -0.491 e. The molecule has 4 rings (SSSR count). The fraction of sp³-hybridized carbons (Fsp3) is 0.455. The zero-order chi connectivity index (χ0) is 19.5. The van der Waals surface area contributed by atoms with E-state index in [0.29, 0.717) is 39.1 Å². The summed E-state index contributed by atoms with van der Waals surface area (Å²) in [5.74, 6) is 2.89. The van der Waals surface area contributed by atoms with Crippen molar-refractivity contribution in [1.29, 1.82) is 0 Å². The van der Waals surface area contributed by atoms with Crippen molar-refractivity contribution in [2.45, 2.75) is 45.7 Å². The molecule has 0 bridgehead atoms. The van der Waals surface area contributed by atoms with Gasteiger partial charge in [0.05, 0.1) is 13.1 Å². The van der Waals surface area contributed by atoms with E-state index in [0.717, 1.165) is 41.2 Å². The summed E-state index contributed by atoms with van der Waals surface area (Å²) in [6, 6.07) is 9.78. The van der Waals surface area contributed by atoms with Crippen LogP contribution < -0.4 is 10.1 Å². The van der Waals surface area contributed by atoms with Gasteiger partial charge in [-0.2, -0.15) is 0 Å². The maximum absolute atomic E-state index is 12.4. The summed E-state index contributed by atoms with van der Waals surface area (Å²) in [6.07, 6.45) is 3.07. The molecule has 6 heteroatoms. The highest BCUT2D eigenvalue weighted by Gasteiger charge is 2.34. The van der Waals surface area contributed by atoms with E-state index in [2.05, 4.69) is 11.4 Å². The topological polar surface area (TPSA) is 71.8 Å². The Morgan fingerprint density at radius 1 is 1.21 bits per heavy atom. The predicted octanol–water partition coefficient (Wildman–Crippen LogP) is 2.97. The first kappa shape index (κ1) is 18.6. The second kappa shape index (κ2) is 8.09. The third-order valence-electron chi connectivity index (χ3n) is 5.24. The van der Waals surface area contributed by atoms with Crippen molar-refractivity contribution in [3.8, 4) is 5.75 Å². The van der Waals surface area contributed by atoms with Crippen LogP contribution in [-0.2, 0) is 29.1 Å². The molecule has 1 N–H and O–H groups in total. The van der Waals surface area contributed by atoms with Gasteiger partial charge in [-0.25, -0.2) is 0 Å². The summed E-state index contributed by atoms with van der Waals surface area (Å²) < 4.78 is 11.3. The number of rotatable bonds is 6. The summed E-state index contributed by atoms with van der Waals surface area (Å²) in [6.45, 7) is 4.03. The molecule has 1 aliphatic heterocycles. The van der Waals surface area contributed by atoms with E-state index in [1.807, 2.05) is 36.1 Å². The molecule has 148 valence electrons. The van der Waals surface area contributed by atoms with Gasteiger partial charge >= 0.3 is 0 Å². The molecule has 1 aliphatic carbocycles. The first-order chi connectivity index (χ1) is 13.6. The van der Waals surface area contributed by atoms with E-state index in [9.17, 15) is 9.59 Å². The molecule has 0 spiro atoms. The lowest BCUT2D eigenvalue weighted by molar-refractivity contribution is -0.133. The van der Waals surface area contributed by atoms with Crippen molar-refractivity contribution in [3.63, 3.8) is 0 Å². The molecule has 1 aromatic heterocycles. The number of benzene rings is 1. The highest BCUT2D eigenvalue weighted by molar-refractivity contribution is 5.81. The lowest BCUT2D eigenvalue weighted by Gasteiger charge is -2.19. The highest BCUT2D eigenvalue weighted by atomic mass is 16.5. The molecule has 0 radical (unpaired) electrons. The van der Waals surface area contributed by atoms with Gasteiger partial charge in [0.2, 0.25) is 11.8 Å². The Morgan fingerprint density at radius 2 is 2.07 bits per heavy atom. The maximum atomic E-state index is 12.4. The van der Waals surface area contributed by atoms with Gasteiger partial charge in [0.25, 0.3) is 0 Å². The van der Waals surface area contributed by atoms with Gasteiger partial charge in [-0.1, -0.05) is 12.1 Å². The summed E-state index contributed by atoms with van der Waals surface area (Å²) in [4.78, 5) is 26.5. The van der Waals surface area contributed by atoms with Crippen LogP contribution in [0.5, 0.6) is 5.75 Å². The lowest BCUT2D eigenvalue weighted by atomic mass is 10.0. The number of hydrogen-bond acceptors (Lipinski definition) is 4. The molecular formula is C22H26N2O4. The van der Waals surface area contributed by atoms with Crippen LogP contribution >= 0.6 is 0 Å². The van der Waals surface area contributed by atoms with Crippen LogP contribution in [0.4, 0.5) is 0 Å². The number of nitrogens with one attached hydrogen (secondary N) is 1. The number of amides is 2. The molecule has 2 heterocycles. The number of aryl methyl sites for hydroxylation is 2. The molecule has 28 heavy (non-hydrogen) atoms. The molecule has 2 aliphatic rings. The Labute approximate surface area is 164 Å². The van der Waals surface area contributed by atoms with E-state index >= 15 is 0 Å². The first-order valence-electron chi connectivity index (χ1n) is 9.94. The quantitative estimate of drug-likeness (QED) is 0.834. The molecule has 1 aromatic carbocycles. The zero-order valence-corrected chi connectivity index (χ0v) is 16.2. The first-order valence-corrected chi connectivity index (χ1v) is 9.94. The Bertz CT molecular complexity index is 869. The third kappa shape index (κ3) is 4.55. The number of furan rings is 1. The van der Waals surface area contributed by atoms with Crippen molar-refractivity contribution in [3.05, 3.63) is 53.0 Å². The average Bonchev–Trinajstić information content (AvgIpc) is 3.48. The highest BCUT2D eigenvalue weighted by Crippen LogP contribution is 2.33. The average molecular weight is 382 g/mol. The van der Waals surface area contributed by atoms with Crippen molar-refractivity contribution >= 4 is 11.8 Å². The summed E-state index contributed by atoms with van der Waals surface area (Å²) >= 11 is 0. The lowest BCUT2D eigenvalue weighted by Crippen LogP contribution is -2.33. The number of carbonyl (C=O) groups is 2. The van der Waals surface area contributed by atoms with Crippen LogP contribution in [0.1, 0.15) is 41.9 Å². The minimum atomic E-state index is -0.00853. The predicted molar refractivity (Wildman–Crippen MR) is 104 cm³/mol. The second-order valence-electron chi connectivity index (χ2n) is 7.61. The fourth-order valence-corrected chi connectivity index (χ4v) is 3.49. The van der Waals surface area contributed by atoms with Crippen molar-refractivity contribution in [2.75, 3.05) is 13.2 Å². The van der Waals surface area contributed by atoms with Crippen LogP contribution in [0, 0.1) is 12.8 Å². The van der Waals surface area contributed by atoms with Crippen molar-refractivity contribution in [1.82, 2.24) is 10.2 Å². The molecular weight excluding hydrogens is 356 g/mol. The molecule has 1 saturated carbocycles. The standard InChI is InChI=1S/C22H26N2O4/c1-15-2-7-19(28-15)13-23-21(25)9-4-16-3-8-20-18(12-16)14-24(10-11-27-20)22(26)17-5-6-17/h2-3,7-8,12,17H,4-6,9-11,13-14H2,1H3,(H,23,25). The van der Waals surface area contributed by atoms with Gasteiger partial charge in [-0.15, -0.1) is 0 Å². The largest absolute Gasteiger partial charge is 0.491 e. The Balaban J connectivity index is 1.32. The van der Waals surface area contributed by atoms with Gasteiger partial charge < -0.3 is 19.4 Å². The Morgan fingerprint density at radius 3 is 2.82 bits per heavy atom. The zero-order valence-electron chi connectivity index (χ0n) is 16.2. The monoisotopic (exact) mass is 382 g/mol. The maximum Gasteiger partial charge on any atom is 0.226 e. The smallest absolute Gasteiger partial charge is 0.226 e. The van der Waals surface area contributed by atoms with Crippen LogP contribution in [0.15, 0.2) is 34.7 Å². The van der Waals surface area contributed by atoms with E-state index in [-0.39, 0.29) is 17.7 Å². The SMILES string of the molecule is Cc1ccc(CNC(=O)CCc2ccc3c(c2)CN(C(=O)C2CC2)CCO3)o1. The molecule has 0 unspecified atom stereocenters. The van der Waals surface area contributed by atoms with E-state index in [1.165, 1.54) is 0 Å². The number of nitrogens with zero attached hydrogens (tertiary/aromatic N) is 1. The van der Waals surface area contributed by atoms with Gasteiger partial charge in [-0.05, 0) is 49.9 Å². The van der Waals surface area contributed by atoms with Gasteiger partial charge in [0.1, 0.15) is 23.9 Å². The van der Waals surface area contributed by atoms with Crippen molar-refractivity contribution in [2.24, 2.45) is 5.92 Å². The van der Waals surface area contributed by atoms with E-state index in [4.69, 9.17) is 9.15 Å². The number of fused-ring (bicyclic) bond motifs is 1. The molecule has 1 fully saturated rings. The summed E-state index contributed by atoms with van der Waals surface area (Å²) in [5.41, 5.74) is 2.10. The fourth-order valence-electron chi connectivity index (χ4n) is 3.49. The van der Waals surface area contributed by atoms with Crippen LogP contribution in [-0.4, -0.2) is 29.9 Å². The van der Waals surface area contributed by atoms with Gasteiger partial charge in [0, 0.05) is 24.4 Å². The third-order valence-corrected chi connectivity index (χ3v) is 5.24.